The molecule has 0 aromatic heterocycles. The fourth-order valence-corrected chi connectivity index (χ4v) is 12.3. The predicted molar refractivity (Wildman–Crippen MR) is 349 cm³/mol. The number of ether oxygens (including phenoxy) is 7. The number of allylic oxidation sites excluding steroid dienone is 13. The quantitative estimate of drug-likeness (QED) is 0.0964. The number of aliphatic carboxylic acids is 1. The molecular formula is C72H108O11S. The van der Waals surface area contributed by atoms with Crippen LogP contribution in [0, 0.1) is 59.2 Å². The van der Waals surface area contributed by atoms with Gasteiger partial charge in [0.1, 0.15) is 51.6 Å². The maximum absolute atomic E-state index is 11.8. The van der Waals surface area contributed by atoms with Gasteiger partial charge in [-0.05, 0) is 125 Å². The number of ketones is 1. The number of methoxy groups -OCH3 is 6. The molecule has 3 unspecified atom stereocenters. The van der Waals surface area contributed by atoms with E-state index in [-0.39, 0.29) is 28.8 Å². The first-order chi connectivity index (χ1) is 39.6. The SMILES string of the molecule is CC1=CC[C@H](C(C)C)C=C1.CC1=CC[C@H](C(C)C)C=C1.COC1=CC(=O)C(=CCC(C)C)C(OC)=C1.COc1cc(O)c(C(CC(C)C)SCCC(=O)O)c(OC)c1.COc1cc(OC)c2c(c1)O[C@]1(C)C=C[C@@H](C(C)C)CC1C2CC(C)C. The van der Waals surface area contributed by atoms with E-state index in [0.29, 0.717) is 81.3 Å². The first-order valence-electron chi connectivity index (χ1n) is 30.5. The fraction of sp³-hybridized carbons (Fsp3) is 0.583. The van der Waals surface area contributed by atoms with Crippen molar-refractivity contribution in [1.82, 2.24) is 0 Å². The van der Waals surface area contributed by atoms with Crippen molar-refractivity contribution in [2.75, 3.05) is 48.4 Å². The molecular weight excluding hydrogens is 1070 g/mol. The van der Waals surface area contributed by atoms with Crippen molar-refractivity contribution in [2.45, 2.75) is 166 Å². The van der Waals surface area contributed by atoms with Gasteiger partial charge in [0.05, 0.1) is 54.7 Å². The normalized spacial score (nSPS) is 22.0. The average Bonchev–Trinajstić information content (AvgIpc) is 1.01. The number of aromatic hydroxyl groups is 1. The number of hydrogen-bond donors (Lipinski definition) is 2. The molecule has 0 amide bonds. The molecule has 7 atom stereocenters. The molecule has 0 fully saturated rings. The van der Waals surface area contributed by atoms with Crippen LogP contribution in [0.25, 0.3) is 0 Å². The standard InChI is InChI=1S/C23H34O3.C16H24O5S.C13H18O3.2C10H16/c1-14(2)10-18-19-11-16(15(3)4)8-9-23(19,5)26-21-13-17(24-6)12-20(25-7)22(18)21;1-10(2)7-14(22-6-5-15(18)19)16-12(17)8-11(20-3)9-13(16)21-4;1-9(2)5-6-11-12(14)7-10(15-3)8-13(11)16-4;2*1-8(2)10-6-4-9(3)5-7-10/h8-9,12-16,18-19H,10-11H2,1-7H3;8-10,14,17H,5-7H2,1-4H3,(H,18,19);6-9H,5H2,1-4H3;2*4-6,8,10H,7H2,1-3H3/t16-,18?,19?,23-;;;2*10-/m1..11/s1. The maximum atomic E-state index is 11.8. The summed E-state index contributed by atoms with van der Waals surface area (Å²) in [5, 5.41) is 19.1. The second-order valence-corrected chi connectivity index (χ2v) is 26.6. The van der Waals surface area contributed by atoms with Crippen molar-refractivity contribution in [2.24, 2.45) is 59.2 Å². The van der Waals surface area contributed by atoms with E-state index >= 15 is 0 Å². The van der Waals surface area contributed by atoms with Crippen LogP contribution in [0.3, 0.4) is 0 Å². The minimum Gasteiger partial charge on any atom is -0.507 e. The number of carbonyl (C=O) groups is 2. The predicted octanol–water partition coefficient (Wildman–Crippen LogP) is 18.5. The Morgan fingerprint density at radius 3 is 1.71 bits per heavy atom. The monoisotopic (exact) mass is 1180 g/mol. The summed E-state index contributed by atoms with van der Waals surface area (Å²) in [5.41, 5.74) is 5.11. The topological polar surface area (TPSA) is 139 Å². The fourth-order valence-electron chi connectivity index (χ4n) is 10.8. The molecule has 5 aliphatic rings. The summed E-state index contributed by atoms with van der Waals surface area (Å²) in [5.74, 6) is 11.3. The minimum atomic E-state index is -0.818. The average molecular weight is 1180 g/mol. The van der Waals surface area contributed by atoms with Crippen LogP contribution in [-0.2, 0) is 19.1 Å². The number of phenolic OH excluding ortho intramolecular Hbond substituents is 1. The van der Waals surface area contributed by atoms with Gasteiger partial charge in [0.15, 0.2) is 5.78 Å². The van der Waals surface area contributed by atoms with E-state index in [1.165, 1.54) is 61.6 Å². The van der Waals surface area contributed by atoms with E-state index in [0.717, 1.165) is 66.6 Å². The lowest BCUT2D eigenvalue weighted by molar-refractivity contribution is -0.136. The van der Waals surface area contributed by atoms with Gasteiger partial charge in [-0.1, -0.05) is 143 Å². The number of rotatable bonds is 20. The van der Waals surface area contributed by atoms with Gasteiger partial charge in [-0.15, -0.1) is 0 Å². The highest BCUT2D eigenvalue weighted by atomic mass is 32.2. The third-order valence-corrected chi connectivity index (χ3v) is 17.4. The molecule has 11 nitrogen and oxygen atoms in total. The van der Waals surface area contributed by atoms with Crippen molar-refractivity contribution < 1.29 is 53.0 Å². The number of carboxylic acids is 1. The van der Waals surface area contributed by atoms with E-state index < -0.39 is 5.97 Å². The molecule has 0 saturated carbocycles. The van der Waals surface area contributed by atoms with Crippen molar-refractivity contribution in [3.05, 3.63) is 130 Å². The zero-order valence-electron chi connectivity index (χ0n) is 55.2. The Morgan fingerprint density at radius 2 is 1.26 bits per heavy atom. The largest absolute Gasteiger partial charge is 0.507 e. The van der Waals surface area contributed by atoms with Crippen molar-refractivity contribution in [3.8, 4) is 34.5 Å². The Labute approximate surface area is 512 Å². The smallest absolute Gasteiger partial charge is 0.304 e. The summed E-state index contributed by atoms with van der Waals surface area (Å²) < 4.78 is 38.6. The summed E-state index contributed by atoms with van der Waals surface area (Å²) in [6.07, 6.45) is 30.1. The zero-order chi connectivity index (χ0) is 63.0. The van der Waals surface area contributed by atoms with E-state index in [4.69, 9.17) is 38.3 Å². The van der Waals surface area contributed by atoms with Crippen LogP contribution >= 0.6 is 11.8 Å². The molecule has 0 radical (unpaired) electrons. The van der Waals surface area contributed by atoms with Crippen LogP contribution in [0.4, 0.5) is 0 Å². The third-order valence-electron chi connectivity index (χ3n) is 16.1. The third kappa shape index (κ3) is 22.6. The van der Waals surface area contributed by atoms with Gasteiger partial charge in [0.25, 0.3) is 0 Å². The number of hydrogen-bond acceptors (Lipinski definition) is 11. The Morgan fingerprint density at radius 1 is 0.702 bits per heavy atom. The lowest BCUT2D eigenvalue weighted by Crippen LogP contribution is -2.49. The molecule has 2 aromatic carbocycles. The van der Waals surface area contributed by atoms with Gasteiger partial charge in [0, 0.05) is 64.5 Å². The lowest BCUT2D eigenvalue weighted by Gasteiger charge is -2.50. The molecule has 468 valence electrons. The number of thioether (sulfide) groups is 1. The van der Waals surface area contributed by atoms with Crippen LogP contribution in [0.5, 0.6) is 34.5 Å². The van der Waals surface area contributed by atoms with E-state index in [1.54, 1.807) is 46.6 Å². The number of carbonyl (C=O) groups excluding carboxylic acids is 1. The maximum Gasteiger partial charge on any atom is 0.304 e. The minimum absolute atomic E-state index is 0.0276. The molecule has 2 aromatic rings. The van der Waals surface area contributed by atoms with Crippen LogP contribution < -0.4 is 23.7 Å². The number of phenols is 1. The highest BCUT2D eigenvalue weighted by molar-refractivity contribution is 7.99. The lowest BCUT2D eigenvalue weighted by atomic mass is 9.63. The first kappa shape index (κ1) is 72.5. The zero-order valence-corrected chi connectivity index (χ0v) is 56.0. The Hall–Kier alpha value is -5.75. The van der Waals surface area contributed by atoms with Crippen LogP contribution in [0.1, 0.15) is 171 Å². The second-order valence-electron chi connectivity index (χ2n) is 25.2. The molecule has 2 N–H and O–H groups in total. The van der Waals surface area contributed by atoms with E-state index in [2.05, 4.69) is 152 Å². The van der Waals surface area contributed by atoms with Crippen LogP contribution in [-0.4, -0.2) is 76.0 Å². The molecule has 0 spiro atoms. The highest BCUT2D eigenvalue weighted by Gasteiger charge is 2.49. The van der Waals surface area contributed by atoms with Crippen molar-refractivity contribution >= 4 is 23.5 Å². The summed E-state index contributed by atoms with van der Waals surface area (Å²) in [6, 6.07) is 7.31. The van der Waals surface area contributed by atoms with Gasteiger partial charge in [-0.25, -0.2) is 0 Å². The van der Waals surface area contributed by atoms with E-state index in [1.807, 2.05) is 18.2 Å². The molecule has 1 aliphatic heterocycles. The molecule has 84 heavy (non-hydrogen) atoms. The van der Waals surface area contributed by atoms with Gasteiger partial charge >= 0.3 is 5.97 Å². The summed E-state index contributed by atoms with van der Waals surface area (Å²) in [6.45, 7) is 33.3. The first-order valence-corrected chi connectivity index (χ1v) is 31.6. The molecule has 12 heteroatoms. The molecule has 0 saturated heterocycles. The highest BCUT2D eigenvalue weighted by Crippen LogP contribution is 2.56. The Kier molecular flexibility index (Phi) is 30.8. The summed E-state index contributed by atoms with van der Waals surface area (Å²) in [4.78, 5) is 22.5. The van der Waals surface area contributed by atoms with Crippen LogP contribution in [0.2, 0.25) is 0 Å². The van der Waals surface area contributed by atoms with Crippen LogP contribution in [0.15, 0.2) is 119 Å². The summed E-state index contributed by atoms with van der Waals surface area (Å²) in [7, 11) is 9.60. The number of fused-ring (bicyclic) bond motifs is 2. The van der Waals surface area contributed by atoms with Gasteiger partial charge < -0.3 is 43.4 Å². The molecule has 4 aliphatic carbocycles. The molecule has 7 rings (SSSR count). The summed E-state index contributed by atoms with van der Waals surface area (Å²) >= 11 is 1.53. The van der Waals surface area contributed by atoms with Crippen molar-refractivity contribution in [3.63, 3.8) is 0 Å². The number of benzene rings is 2. The van der Waals surface area contributed by atoms with Crippen molar-refractivity contribution in [1.29, 1.82) is 0 Å². The second kappa shape index (κ2) is 35.6. The Balaban J connectivity index is 0.000000289. The molecule has 1 heterocycles. The molecule has 0 bridgehead atoms. The number of carboxylic acid groups (broad SMARTS) is 1. The van der Waals surface area contributed by atoms with Gasteiger partial charge in [0.2, 0.25) is 0 Å². The van der Waals surface area contributed by atoms with E-state index in [9.17, 15) is 14.7 Å². The van der Waals surface area contributed by atoms with Gasteiger partial charge in [-0.3, -0.25) is 9.59 Å². The Bertz CT molecular complexity index is 2620. The van der Waals surface area contributed by atoms with Gasteiger partial charge in [-0.2, -0.15) is 11.8 Å².